The van der Waals surface area contributed by atoms with Gasteiger partial charge in [-0.3, -0.25) is 4.79 Å². The Labute approximate surface area is 124 Å². The molecule has 0 atom stereocenters. The Bertz CT molecular complexity index is 574. The highest BCUT2D eigenvalue weighted by Gasteiger charge is 2.25. The van der Waals surface area contributed by atoms with Crippen LogP contribution in [-0.4, -0.2) is 27.2 Å². The van der Waals surface area contributed by atoms with Gasteiger partial charge in [-0.05, 0) is 44.5 Å². The number of carboxylic acid groups (broad SMARTS) is 1. The van der Waals surface area contributed by atoms with Gasteiger partial charge in [0.1, 0.15) is 0 Å². The number of nitrogens with one attached hydrogen (secondary N) is 1. The van der Waals surface area contributed by atoms with Gasteiger partial charge in [0.2, 0.25) is 0 Å². The van der Waals surface area contributed by atoms with E-state index in [9.17, 15) is 4.79 Å². The van der Waals surface area contributed by atoms with Crippen molar-refractivity contribution < 1.29 is 9.90 Å². The van der Waals surface area contributed by atoms with Gasteiger partial charge in [0.05, 0.1) is 11.7 Å². The van der Waals surface area contributed by atoms with Crippen LogP contribution in [0.1, 0.15) is 25.8 Å². The predicted octanol–water partition coefficient (Wildman–Crippen LogP) is 2.46. The zero-order valence-corrected chi connectivity index (χ0v) is 12.4. The molecule has 0 saturated carbocycles. The van der Waals surface area contributed by atoms with Gasteiger partial charge in [0.15, 0.2) is 0 Å². The Morgan fingerprint density at radius 1 is 1.33 bits per heavy atom. The number of hydrogen-bond donors (Lipinski definition) is 2. The van der Waals surface area contributed by atoms with Crippen molar-refractivity contribution >= 4 is 5.97 Å². The van der Waals surface area contributed by atoms with Crippen molar-refractivity contribution in [3.8, 4) is 5.69 Å². The fourth-order valence-electron chi connectivity index (χ4n) is 1.94. The van der Waals surface area contributed by atoms with Gasteiger partial charge in [-0.15, -0.1) is 0 Å². The minimum atomic E-state index is -0.756. The van der Waals surface area contributed by atoms with Crippen LogP contribution in [0.25, 0.3) is 5.69 Å². The Kier molecular flexibility index (Phi) is 4.75. The Morgan fingerprint density at radius 3 is 2.62 bits per heavy atom. The lowest BCUT2D eigenvalue weighted by molar-refractivity contribution is -0.147. The van der Waals surface area contributed by atoms with E-state index in [4.69, 9.17) is 5.11 Å². The minimum absolute atomic E-state index is 0.607. The number of hydrogen-bond acceptors (Lipinski definition) is 3. The van der Waals surface area contributed by atoms with Crippen molar-refractivity contribution in [1.29, 1.82) is 0 Å². The van der Waals surface area contributed by atoms with Crippen LogP contribution in [-0.2, 0) is 11.3 Å². The van der Waals surface area contributed by atoms with E-state index in [0.717, 1.165) is 12.2 Å². The highest BCUT2D eigenvalue weighted by Crippen LogP contribution is 2.19. The van der Waals surface area contributed by atoms with Crippen LogP contribution in [0.15, 0.2) is 43.0 Å². The first-order valence-electron chi connectivity index (χ1n) is 7.00. The van der Waals surface area contributed by atoms with Crippen molar-refractivity contribution in [2.45, 2.75) is 26.8 Å². The lowest BCUT2D eigenvalue weighted by Gasteiger charge is -2.19. The van der Waals surface area contributed by atoms with E-state index in [1.54, 1.807) is 26.4 Å². The third-order valence-electron chi connectivity index (χ3n) is 3.57. The molecular weight excluding hydrogens is 266 g/mol. The Balaban J connectivity index is 1.81. The molecule has 1 aromatic carbocycles. The van der Waals surface area contributed by atoms with Crippen LogP contribution in [0.5, 0.6) is 0 Å². The van der Waals surface area contributed by atoms with Gasteiger partial charge >= 0.3 is 5.97 Å². The van der Waals surface area contributed by atoms with E-state index in [1.165, 1.54) is 5.56 Å². The average molecular weight is 287 g/mol. The molecule has 0 unspecified atom stereocenters. The first-order valence-corrected chi connectivity index (χ1v) is 7.00. The minimum Gasteiger partial charge on any atom is -0.481 e. The average Bonchev–Trinajstić information content (AvgIpc) is 2.98. The molecule has 1 heterocycles. The molecule has 0 spiro atoms. The summed E-state index contributed by atoms with van der Waals surface area (Å²) in [6.07, 6.45) is 6.03. The summed E-state index contributed by atoms with van der Waals surface area (Å²) < 4.78 is 1.95. The van der Waals surface area contributed by atoms with Crippen LogP contribution in [0.3, 0.4) is 0 Å². The molecule has 21 heavy (non-hydrogen) atoms. The molecule has 0 saturated heterocycles. The summed E-state index contributed by atoms with van der Waals surface area (Å²) in [6.45, 7) is 4.91. The largest absolute Gasteiger partial charge is 0.481 e. The van der Waals surface area contributed by atoms with Crippen LogP contribution in [0.4, 0.5) is 0 Å². The fourth-order valence-corrected chi connectivity index (χ4v) is 1.94. The van der Waals surface area contributed by atoms with E-state index >= 15 is 0 Å². The standard InChI is InChI=1S/C16H21N3O2/c1-16(2,15(20)21)7-8-17-11-13-3-5-14(6-4-13)19-10-9-18-12-19/h3-6,9-10,12,17H,7-8,11H2,1-2H3,(H,20,21). The van der Waals surface area contributed by atoms with Gasteiger partial charge in [-0.2, -0.15) is 0 Å². The van der Waals surface area contributed by atoms with Gasteiger partial charge in [-0.1, -0.05) is 12.1 Å². The molecule has 0 amide bonds. The number of nitrogens with zero attached hydrogens (tertiary/aromatic N) is 2. The van der Waals surface area contributed by atoms with E-state index in [0.29, 0.717) is 13.0 Å². The van der Waals surface area contributed by atoms with E-state index in [1.807, 2.05) is 22.9 Å². The van der Waals surface area contributed by atoms with Crippen molar-refractivity contribution in [3.05, 3.63) is 48.5 Å². The number of rotatable bonds is 7. The van der Waals surface area contributed by atoms with Gasteiger partial charge in [-0.25, -0.2) is 4.98 Å². The second-order valence-corrected chi connectivity index (χ2v) is 5.75. The van der Waals surface area contributed by atoms with Crippen LogP contribution in [0.2, 0.25) is 0 Å². The predicted molar refractivity (Wildman–Crippen MR) is 81.3 cm³/mol. The molecule has 1 aromatic heterocycles. The monoisotopic (exact) mass is 287 g/mol. The highest BCUT2D eigenvalue weighted by atomic mass is 16.4. The summed E-state index contributed by atoms with van der Waals surface area (Å²) in [5.41, 5.74) is 1.56. The third kappa shape index (κ3) is 4.16. The van der Waals surface area contributed by atoms with Crippen LogP contribution >= 0.6 is 0 Å². The van der Waals surface area contributed by atoms with Gasteiger partial charge in [0.25, 0.3) is 0 Å². The molecule has 5 nitrogen and oxygen atoms in total. The number of benzene rings is 1. The molecular formula is C16H21N3O2. The zero-order chi connectivity index (χ0) is 15.3. The molecule has 5 heteroatoms. The number of imidazole rings is 1. The quantitative estimate of drug-likeness (QED) is 0.768. The molecule has 0 fully saturated rings. The van der Waals surface area contributed by atoms with Crippen molar-refractivity contribution in [3.63, 3.8) is 0 Å². The lowest BCUT2D eigenvalue weighted by atomic mass is 9.90. The number of carboxylic acids is 1. The van der Waals surface area contributed by atoms with Crippen molar-refractivity contribution in [2.24, 2.45) is 5.41 Å². The third-order valence-corrected chi connectivity index (χ3v) is 3.57. The molecule has 0 aliphatic heterocycles. The molecule has 0 radical (unpaired) electrons. The smallest absolute Gasteiger partial charge is 0.309 e. The fraction of sp³-hybridized carbons (Fsp3) is 0.375. The number of carbonyl (C=O) groups is 1. The summed E-state index contributed by atoms with van der Waals surface area (Å²) in [6, 6.07) is 8.20. The summed E-state index contributed by atoms with van der Waals surface area (Å²) in [4.78, 5) is 15.0. The second-order valence-electron chi connectivity index (χ2n) is 5.75. The van der Waals surface area contributed by atoms with E-state index in [-0.39, 0.29) is 0 Å². The summed E-state index contributed by atoms with van der Waals surface area (Å²) in [5.74, 6) is -0.756. The Morgan fingerprint density at radius 2 is 2.05 bits per heavy atom. The molecule has 2 aromatic rings. The lowest BCUT2D eigenvalue weighted by Crippen LogP contribution is -2.28. The SMILES string of the molecule is CC(C)(CCNCc1ccc(-n2ccnc2)cc1)C(=O)O. The summed E-state index contributed by atoms with van der Waals surface area (Å²) in [7, 11) is 0. The maximum Gasteiger partial charge on any atom is 0.309 e. The normalized spacial score (nSPS) is 11.5. The maximum absolute atomic E-state index is 11.0. The summed E-state index contributed by atoms with van der Waals surface area (Å²) in [5, 5.41) is 12.3. The van der Waals surface area contributed by atoms with Crippen molar-refractivity contribution in [1.82, 2.24) is 14.9 Å². The molecule has 112 valence electrons. The Hall–Kier alpha value is -2.14. The molecule has 0 bridgehead atoms. The van der Waals surface area contributed by atoms with Gasteiger partial charge < -0.3 is 15.0 Å². The number of aliphatic carboxylic acids is 1. The van der Waals surface area contributed by atoms with Crippen molar-refractivity contribution in [2.75, 3.05) is 6.54 Å². The molecule has 0 aliphatic carbocycles. The number of aromatic nitrogens is 2. The first-order chi connectivity index (χ1) is 9.99. The highest BCUT2D eigenvalue weighted by molar-refractivity contribution is 5.73. The van der Waals surface area contributed by atoms with Crippen LogP contribution < -0.4 is 5.32 Å². The summed E-state index contributed by atoms with van der Waals surface area (Å²) >= 11 is 0. The van der Waals surface area contributed by atoms with Crippen LogP contribution in [0, 0.1) is 5.41 Å². The maximum atomic E-state index is 11.0. The van der Waals surface area contributed by atoms with E-state index < -0.39 is 11.4 Å². The van der Waals surface area contributed by atoms with Gasteiger partial charge in [0, 0.05) is 24.6 Å². The topological polar surface area (TPSA) is 67.2 Å². The molecule has 2 rings (SSSR count). The molecule has 0 aliphatic rings. The zero-order valence-electron chi connectivity index (χ0n) is 12.4. The van der Waals surface area contributed by atoms with E-state index in [2.05, 4.69) is 22.4 Å². The first kappa shape index (κ1) is 15.3. The second kappa shape index (κ2) is 6.54. The molecule has 2 N–H and O–H groups in total.